The van der Waals surface area contributed by atoms with E-state index in [1.165, 1.54) is 17.3 Å². The van der Waals surface area contributed by atoms with Crippen LogP contribution in [0.2, 0.25) is 10.0 Å². The zero-order chi connectivity index (χ0) is 44.9. The molecule has 4 aliphatic rings. The van der Waals surface area contributed by atoms with Gasteiger partial charge < -0.3 is 47.6 Å². The molecular weight excluding hydrogens is 969 g/mol. The third kappa shape index (κ3) is 21.3. The van der Waals surface area contributed by atoms with Gasteiger partial charge in [0, 0.05) is 81.2 Å². The molecule has 0 spiro atoms. The van der Waals surface area contributed by atoms with E-state index in [9.17, 15) is 9.59 Å². The summed E-state index contributed by atoms with van der Waals surface area (Å²) < 4.78 is 11.8. The second-order valence-electron chi connectivity index (χ2n) is 14.9. The number of aromatic amines is 1. The molecule has 5 heterocycles. The molecule has 4 atom stereocenters. The van der Waals surface area contributed by atoms with Crippen molar-refractivity contribution in [1.82, 2.24) is 40.9 Å². The molecule has 4 fully saturated rings. The zero-order valence-electron chi connectivity index (χ0n) is 38.5. The van der Waals surface area contributed by atoms with E-state index in [1.807, 2.05) is 24.3 Å². The number of ether oxygens (including phenoxy) is 2. The van der Waals surface area contributed by atoms with Crippen molar-refractivity contribution in [3.63, 3.8) is 0 Å². The summed E-state index contributed by atoms with van der Waals surface area (Å²) in [5, 5.41) is 33.0. The Balaban J connectivity index is 0. The number of hydrogen-bond donors (Lipinski definition) is 5. The first-order valence-electron chi connectivity index (χ1n) is 20.4. The first-order valence-corrected chi connectivity index (χ1v) is 21.2. The average Bonchev–Trinajstić information content (AvgIpc) is 3.76. The Morgan fingerprint density at radius 3 is 1.68 bits per heavy atom. The monoisotopic (exact) mass is 1030 g/mol. The van der Waals surface area contributed by atoms with E-state index >= 15 is 0 Å². The van der Waals surface area contributed by atoms with Crippen LogP contribution in [-0.2, 0) is 41.6 Å². The summed E-state index contributed by atoms with van der Waals surface area (Å²) in [7, 11) is 3.32. The van der Waals surface area contributed by atoms with Crippen molar-refractivity contribution < 1.29 is 138 Å². The molecule has 6 N–H and O–H groups in total. The van der Waals surface area contributed by atoms with Crippen LogP contribution in [0, 0.1) is 11.5 Å². The van der Waals surface area contributed by atoms with Crippen molar-refractivity contribution in [2.24, 2.45) is 4.99 Å². The summed E-state index contributed by atoms with van der Waals surface area (Å²) >= 11 is 12.0. The number of aliphatic imine (C=N–C) groups is 1. The molecule has 7 rings (SSSR count). The smallest absolute Gasteiger partial charge is 1.00 e. The van der Waals surface area contributed by atoms with Crippen molar-refractivity contribution in [3.05, 3.63) is 69.7 Å². The minimum absolute atomic E-state index is 0. The normalized spacial score (nSPS) is 20.8. The van der Waals surface area contributed by atoms with Gasteiger partial charge in [0.2, 0.25) is 29.9 Å². The van der Waals surface area contributed by atoms with Gasteiger partial charge in [0.1, 0.15) is 12.2 Å². The van der Waals surface area contributed by atoms with E-state index in [0.717, 1.165) is 74.7 Å². The average molecular weight is 1030 g/mol. The summed E-state index contributed by atoms with van der Waals surface area (Å²) in [5.74, 6) is 0.878. The van der Waals surface area contributed by atoms with Crippen LogP contribution in [0.4, 0.5) is 11.9 Å². The number of amides is 2. The molecule has 19 nitrogen and oxygen atoms in total. The Hall–Kier alpha value is -1.35. The number of carbonyl (C=O) groups is 3. The number of nitrogens with one attached hydrogen (secondary N) is 4. The first-order chi connectivity index (χ1) is 30.0. The third-order valence-electron chi connectivity index (χ3n) is 11.1. The van der Waals surface area contributed by atoms with Crippen molar-refractivity contribution in [3.8, 4) is 6.19 Å². The van der Waals surface area contributed by atoms with Crippen LogP contribution in [-0.4, -0.2) is 153 Å². The number of benzene rings is 2. The van der Waals surface area contributed by atoms with Crippen molar-refractivity contribution in [2.45, 2.75) is 82.3 Å². The quantitative estimate of drug-likeness (QED) is 0.0328. The molecule has 0 radical (unpaired) electrons. The van der Waals surface area contributed by atoms with Crippen molar-refractivity contribution in [1.29, 1.82) is 5.26 Å². The van der Waals surface area contributed by atoms with Crippen LogP contribution in [0.15, 0.2) is 53.5 Å². The maximum atomic E-state index is 12.2. The Morgan fingerprint density at radius 1 is 0.924 bits per heavy atom. The zero-order valence-corrected chi connectivity index (χ0v) is 46.1. The largest absolute Gasteiger partial charge is 1.00 e. The second-order valence-corrected chi connectivity index (χ2v) is 15.8. The first kappa shape index (κ1) is 64.7. The van der Waals surface area contributed by atoms with Gasteiger partial charge in [-0.2, -0.15) is 15.2 Å². The van der Waals surface area contributed by atoms with Gasteiger partial charge in [-0.1, -0.05) is 54.9 Å². The number of halogens is 3. The fourth-order valence-corrected chi connectivity index (χ4v) is 8.30. The van der Waals surface area contributed by atoms with Gasteiger partial charge in [-0.05, 0) is 87.0 Å². The fourth-order valence-electron chi connectivity index (χ4n) is 8.05. The van der Waals surface area contributed by atoms with Crippen molar-refractivity contribution >= 4 is 72.5 Å². The number of nitriles is 1. The summed E-state index contributed by atoms with van der Waals surface area (Å²) in [5.41, 5.74) is 8.13. The molecule has 0 bridgehead atoms. The fraction of sp³-hybridized carbons (Fsp3) is 0.548. The number of H-pyrrole nitrogens is 1. The Labute approximate surface area is 491 Å². The molecule has 4 aliphatic heterocycles. The third-order valence-corrected chi connectivity index (χ3v) is 11.6. The topological polar surface area (TPSA) is 252 Å². The minimum Gasteiger partial charge on any atom is -1.00 e. The summed E-state index contributed by atoms with van der Waals surface area (Å²) in [6, 6.07) is 17.4. The van der Waals surface area contributed by atoms with Crippen LogP contribution in [0.25, 0.3) is 0 Å². The molecular formula is C42H63Cl3K2N12O7. The number of rotatable bonds is 10. The molecule has 0 saturated carbocycles. The van der Waals surface area contributed by atoms with Crippen LogP contribution in [0.5, 0.6) is 0 Å². The summed E-state index contributed by atoms with van der Waals surface area (Å²) in [6.07, 6.45) is 6.58. The van der Waals surface area contributed by atoms with E-state index < -0.39 is 6.10 Å². The standard InChI is InChI=1S/C20H28ClN7O2.C18H26ClN3O2.C2H2N2.CH2O3.CH4.ClH.2K.H/c1-23-18(29)17-11-28(16(12-30-17)10-13-2-4-14(21)5-3-13)15-6-8-27(9-7-15)20-24-19(22)25-26-20;1-20-18(23)17-11-22(15-6-8-21-9-7-15)16(12-24-17)10-13-2-4-14(19)5-3-13;1-4-2-3;2-1-4-3;;;;;/h2-5,15-17H,6-12H2,1H3,(H,23,29)(H3,22,24,25,26);2-5,15-17,21H,6-12H2,1H3,(H,20,23);1H2;1,3H;1H4;1H;;;/q;;;;;;2*+1;-1/p-1/t2*16?,17-;;;;;;;/m11......./s1. The molecule has 2 unspecified atom stereocenters. The molecule has 2 amide bonds. The maximum Gasteiger partial charge on any atom is 1.00 e. The Kier molecular flexibility index (Phi) is 35.0. The van der Waals surface area contributed by atoms with Gasteiger partial charge in [0.15, 0.2) is 0 Å². The Morgan fingerprint density at radius 2 is 1.33 bits per heavy atom. The molecule has 356 valence electrons. The van der Waals surface area contributed by atoms with E-state index in [4.69, 9.17) is 53.7 Å². The SMILES string of the molecule is C.C=NC#N.CNC(=O)[C@H]1CN(C2CCN(c3n[nH]c(N)n3)CC2)C(Cc2ccc(Cl)cc2)CO1.CNC(=O)[C@H]1CN(C2CCNCC2)C(Cc2ccc(Cl)cc2)CO1.Cl.O=CO[O-].[H-].[K+].[K+]. The number of nitrogens with two attached hydrogens (primary N) is 1. The number of aromatic nitrogens is 3. The van der Waals surface area contributed by atoms with Gasteiger partial charge in [-0.25, -0.2) is 5.10 Å². The van der Waals surface area contributed by atoms with Crippen LogP contribution >= 0.6 is 35.6 Å². The number of carbonyl (C=O) groups excluding carboxylic acids is 3. The van der Waals surface area contributed by atoms with Gasteiger partial charge in [-0.3, -0.25) is 24.2 Å². The molecule has 66 heavy (non-hydrogen) atoms. The van der Waals surface area contributed by atoms with Crippen LogP contribution in [0.3, 0.4) is 0 Å². The molecule has 24 heteroatoms. The van der Waals surface area contributed by atoms with Gasteiger partial charge in [0.05, 0.1) is 13.2 Å². The van der Waals surface area contributed by atoms with E-state index in [1.54, 1.807) is 14.1 Å². The van der Waals surface area contributed by atoms with Crippen molar-refractivity contribution in [2.75, 3.05) is 77.2 Å². The van der Waals surface area contributed by atoms with Gasteiger partial charge in [0.25, 0.3) is 6.47 Å². The van der Waals surface area contributed by atoms with Crippen LogP contribution in [0.1, 0.15) is 45.7 Å². The summed E-state index contributed by atoms with van der Waals surface area (Å²) in [4.78, 5) is 49.6. The number of piperidine rings is 2. The van der Waals surface area contributed by atoms with E-state index in [-0.39, 0.29) is 154 Å². The number of nitrogen functional groups attached to an aromatic ring is 1. The van der Waals surface area contributed by atoms with Gasteiger partial charge in [-0.15, -0.1) is 17.5 Å². The van der Waals surface area contributed by atoms with Crippen LogP contribution < -0.4 is 135 Å². The minimum atomic E-state index is -0.442. The van der Waals surface area contributed by atoms with Gasteiger partial charge >= 0.3 is 103 Å². The molecule has 4 saturated heterocycles. The molecule has 0 aliphatic carbocycles. The number of morpholine rings is 2. The predicted molar refractivity (Wildman–Crippen MR) is 248 cm³/mol. The number of likely N-dealkylation sites (N-methyl/N-ethyl adjacent to an activating group) is 2. The summed E-state index contributed by atoms with van der Waals surface area (Å²) in [6.45, 7) is 8.84. The number of nitrogens with zero attached hydrogens (tertiary/aromatic N) is 7. The molecule has 2 aromatic carbocycles. The Bertz CT molecular complexity index is 1880. The number of hydrogen-bond acceptors (Lipinski definition) is 16. The van der Waals surface area contributed by atoms with E-state index in [0.29, 0.717) is 56.3 Å². The second kappa shape index (κ2) is 35.7. The van der Waals surface area contributed by atoms with E-state index in [2.05, 4.69) is 86.7 Å². The number of anilines is 2. The molecule has 3 aromatic rings. The maximum absolute atomic E-state index is 12.2. The predicted octanol–water partition coefficient (Wildman–Crippen LogP) is -3.70. The molecule has 1 aromatic heterocycles.